The van der Waals surface area contributed by atoms with Crippen molar-refractivity contribution >= 4 is 39.3 Å². The average Bonchev–Trinajstić information content (AvgIpc) is 2.79. The number of carboxylic acids is 1. The molecule has 3 aromatic carbocycles. The van der Waals surface area contributed by atoms with E-state index in [9.17, 15) is 33.5 Å². The number of hydrogen-bond donors (Lipinski definition) is 4. The molecule has 3 rings (SSSR count). The number of hydrazone groups is 1. The summed E-state index contributed by atoms with van der Waals surface area (Å²) in [5, 5.41) is 34.4. The van der Waals surface area contributed by atoms with Crippen LogP contribution >= 0.6 is 0 Å². The van der Waals surface area contributed by atoms with Crippen molar-refractivity contribution in [1.29, 1.82) is 0 Å². The minimum absolute atomic E-state index is 0.0936. The first-order chi connectivity index (χ1) is 16.1. The van der Waals surface area contributed by atoms with Crippen LogP contribution in [0.25, 0.3) is 0 Å². The highest BCUT2D eigenvalue weighted by Crippen LogP contribution is 2.29. The van der Waals surface area contributed by atoms with E-state index in [2.05, 4.69) is 15.2 Å². The summed E-state index contributed by atoms with van der Waals surface area (Å²) in [6.45, 7) is 0. The third kappa shape index (κ3) is 5.39. The molecule has 0 amide bonds. The predicted molar refractivity (Wildman–Crippen MR) is 123 cm³/mol. The van der Waals surface area contributed by atoms with Crippen LogP contribution in [0.4, 0.5) is 17.1 Å². The Morgan fingerprint density at radius 2 is 1.85 bits per heavy atom. The number of phenols is 1. The number of hydrogen-bond acceptors (Lipinski definition) is 9. The number of carbonyl (C=O) groups is 1. The molecule has 12 nitrogen and oxygen atoms in total. The van der Waals surface area contributed by atoms with Crippen molar-refractivity contribution in [3.8, 4) is 11.5 Å². The van der Waals surface area contributed by atoms with Crippen LogP contribution in [-0.2, 0) is 10.0 Å². The maximum atomic E-state index is 12.7. The lowest BCUT2D eigenvalue weighted by molar-refractivity contribution is -0.384. The lowest BCUT2D eigenvalue weighted by atomic mass is 10.2. The third-order valence-corrected chi connectivity index (χ3v) is 5.84. The van der Waals surface area contributed by atoms with Gasteiger partial charge in [0.2, 0.25) is 0 Å². The monoisotopic (exact) mass is 486 g/mol. The summed E-state index contributed by atoms with van der Waals surface area (Å²) < 4.78 is 32.5. The van der Waals surface area contributed by atoms with E-state index in [-0.39, 0.29) is 28.4 Å². The zero-order valence-corrected chi connectivity index (χ0v) is 18.3. The molecule has 176 valence electrons. The van der Waals surface area contributed by atoms with Gasteiger partial charge in [0, 0.05) is 6.07 Å². The van der Waals surface area contributed by atoms with E-state index >= 15 is 0 Å². The van der Waals surface area contributed by atoms with Gasteiger partial charge < -0.3 is 14.9 Å². The number of aromatic carboxylic acids is 1. The van der Waals surface area contributed by atoms with Gasteiger partial charge in [-0.1, -0.05) is 12.1 Å². The maximum Gasteiger partial charge on any atom is 0.337 e. The van der Waals surface area contributed by atoms with Gasteiger partial charge in [0.15, 0.2) is 11.5 Å². The summed E-state index contributed by atoms with van der Waals surface area (Å²) >= 11 is 0. The van der Waals surface area contributed by atoms with Crippen molar-refractivity contribution in [3.63, 3.8) is 0 Å². The van der Waals surface area contributed by atoms with E-state index in [1.165, 1.54) is 49.7 Å². The third-order valence-electron chi connectivity index (χ3n) is 4.48. The van der Waals surface area contributed by atoms with E-state index in [1.807, 2.05) is 0 Å². The van der Waals surface area contributed by atoms with Crippen LogP contribution in [0.2, 0.25) is 0 Å². The molecule has 0 aliphatic heterocycles. The largest absolute Gasteiger partial charge is 0.504 e. The SMILES string of the molecule is COc1ccc(C=NNc2ccc(S(=O)(=O)Nc3ccccc3C(=O)O)cc2[N+](=O)[O-])cc1O. The fourth-order valence-corrected chi connectivity index (χ4v) is 3.95. The normalized spacial score (nSPS) is 11.2. The summed E-state index contributed by atoms with van der Waals surface area (Å²) in [5.41, 5.74) is 1.79. The lowest BCUT2D eigenvalue weighted by Gasteiger charge is -2.11. The number of nitrogens with zero attached hydrogens (tertiary/aromatic N) is 2. The summed E-state index contributed by atoms with van der Waals surface area (Å²) in [5.74, 6) is -1.20. The molecule has 0 bridgehead atoms. The summed E-state index contributed by atoms with van der Waals surface area (Å²) in [6, 6.07) is 12.9. The molecule has 13 heteroatoms. The number of methoxy groups -OCH3 is 1. The molecule has 0 fully saturated rings. The van der Waals surface area contributed by atoms with E-state index in [4.69, 9.17) is 4.74 Å². The highest BCUT2D eigenvalue weighted by molar-refractivity contribution is 7.92. The molecule has 0 radical (unpaired) electrons. The first-order valence-electron chi connectivity index (χ1n) is 9.42. The van der Waals surface area contributed by atoms with Gasteiger partial charge in [0.1, 0.15) is 5.69 Å². The Hall–Kier alpha value is -4.65. The van der Waals surface area contributed by atoms with Gasteiger partial charge in [-0.3, -0.25) is 20.3 Å². The molecule has 34 heavy (non-hydrogen) atoms. The number of benzene rings is 3. The van der Waals surface area contributed by atoms with Crippen molar-refractivity contribution in [2.75, 3.05) is 17.3 Å². The minimum atomic E-state index is -4.34. The van der Waals surface area contributed by atoms with Crippen LogP contribution in [0.15, 0.2) is 70.7 Å². The number of nitrogens with one attached hydrogen (secondary N) is 2. The molecule has 0 aliphatic carbocycles. The Morgan fingerprint density at radius 1 is 1.12 bits per heavy atom. The van der Waals surface area contributed by atoms with E-state index < -0.39 is 31.5 Å². The minimum Gasteiger partial charge on any atom is -0.504 e. The van der Waals surface area contributed by atoms with Crippen LogP contribution in [0.5, 0.6) is 11.5 Å². The molecule has 0 spiro atoms. The number of anilines is 2. The fourth-order valence-electron chi connectivity index (χ4n) is 2.85. The molecule has 0 saturated heterocycles. The zero-order valence-electron chi connectivity index (χ0n) is 17.5. The second-order valence-corrected chi connectivity index (χ2v) is 8.38. The number of para-hydroxylation sites is 1. The topological polar surface area (TPSA) is 180 Å². The van der Waals surface area contributed by atoms with Gasteiger partial charge >= 0.3 is 5.97 Å². The molecular weight excluding hydrogens is 468 g/mol. The molecule has 0 heterocycles. The second-order valence-electron chi connectivity index (χ2n) is 6.69. The van der Waals surface area contributed by atoms with Crippen molar-refractivity contribution in [1.82, 2.24) is 0 Å². The van der Waals surface area contributed by atoms with Crippen LogP contribution in [-0.4, -0.2) is 42.8 Å². The van der Waals surface area contributed by atoms with Crippen LogP contribution < -0.4 is 14.9 Å². The number of phenolic OH excluding ortho intramolecular Hbond substituents is 1. The number of rotatable bonds is 9. The van der Waals surface area contributed by atoms with Gasteiger partial charge in [0.05, 0.1) is 34.4 Å². The Bertz CT molecular complexity index is 1390. The number of nitro benzene ring substituents is 1. The molecule has 0 aliphatic rings. The van der Waals surface area contributed by atoms with Gasteiger partial charge in [0.25, 0.3) is 15.7 Å². The molecule has 0 aromatic heterocycles. The number of sulfonamides is 1. The van der Waals surface area contributed by atoms with Crippen molar-refractivity contribution in [2.24, 2.45) is 5.10 Å². The summed E-state index contributed by atoms with van der Waals surface area (Å²) in [4.78, 5) is 21.6. The smallest absolute Gasteiger partial charge is 0.337 e. The van der Waals surface area contributed by atoms with E-state index in [0.717, 1.165) is 18.2 Å². The Kier molecular flexibility index (Phi) is 6.97. The van der Waals surface area contributed by atoms with Crippen LogP contribution in [0.1, 0.15) is 15.9 Å². The summed E-state index contributed by atoms with van der Waals surface area (Å²) in [7, 11) is -2.94. The van der Waals surface area contributed by atoms with Crippen LogP contribution in [0.3, 0.4) is 0 Å². The molecule has 0 atom stereocenters. The Labute approximate surface area is 193 Å². The maximum absolute atomic E-state index is 12.7. The quantitative estimate of drug-likeness (QED) is 0.200. The van der Waals surface area contributed by atoms with Gasteiger partial charge in [-0.05, 0) is 48.0 Å². The number of nitro groups is 1. The van der Waals surface area contributed by atoms with Crippen molar-refractivity contribution in [3.05, 3.63) is 81.9 Å². The molecule has 3 aromatic rings. The van der Waals surface area contributed by atoms with Crippen LogP contribution in [0, 0.1) is 10.1 Å². The Balaban J connectivity index is 1.86. The number of carboxylic acid groups (broad SMARTS) is 1. The standard InChI is InChI=1S/C21H18N4O8S/c1-33-20-9-6-13(10-19(20)26)12-22-23-17-8-7-14(11-18(17)25(29)30)34(31,32)24-16-5-3-2-4-15(16)21(27)28/h2-12,23-24,26H,1H3,(H,27,28). The van der Waals surface area contributed by atoms with Gasteiger partial charge in [-0.2, -0.15) is 5.10 Å². The van der Waals surface area contributed by atoms with Crippen molar-refractivity contribution < 1.29 is 33.1 Å². The Morgan fingerprint density at radius 3 is 2.50 bits per heavy atom. The van der Waals surface area contributed by atoms with Gasteiger partial charge in [-0.15, -0.1) is 0 Å². The first kappa shape index (κ1) is 24.0. The average molecular weight is 486 g/mol. The molecular formula is C21H18N4O8S. The van der Waals surface area contributed by atoms with Gasteiger partial charge in [-0.25, -0.2) is 13.2 Å². The lowest BCUT2D eigenvalue weighted by Crippen LogP contribution is -2.16. The number of ether oxygens (including phenoxy) is 1. The highest BCUT2D eigenvalue weighted by Gasteiger charge is 2.23. The van der Waals surface area contributed by atoms with E-state index in [0.29, 0.717) is 5.56 Å². The molecule has 0 saturated carbocycles. The van der Waals surface area contributed by atoms with E-state index in [1.54, 1.807) is 6.07 Å². The second kappa shape index (κ2) is 9.87. The zero-order chi connectivity index (χ0) is 24.9. The number of aromatic hydroxyl groups is 1. The predicted octanol–water partition coefficient (Wildman–Crippen LogP) is 3.25. The fraction of sp³-hybridized carbons (Fsp3) is 0.0476. The molecule has 4 N–H and O–H groups in total. The molecule has 0 unspecified atom stereocenters. The highest BCUT2D eigenvalue weighted by atomic mass is 32.2. The first-order valence-corrected chi connectivity index (χ1v) is 10.9. The van der Waals surface area contributed by atoms with Crippen molar-refractivity contribution in [2.45, 2.75) is 4.90 Å². The summed E-state index contributed by atoms with van der Waals surface area (Å²) in [6.07, 6.45) is 1.29.